The van der Waals surface area contributed by atoms with Gasteiger partial charge in [-0.1, -0.05) is 0 Å². The van der Waals surface area contributed by atoms with E-state index >= 15 is 0 Å². The Hall–Kier alpha value is -3.41. The maximum Gasteiger partial charge on any atom is 0.227 e. The van der Waals surface area contributed by atoms with E-state index in [1.807, 2.05) is 36.5 Å². The Balaban J connectivity index is 1.60. The lowest BCUT2D eigenvalue weighted by Gasteiger charge is -2.20. The topological polar surface area (TPSA) is 76.1 Å². The molecule has 6 heteroatoms. The minimum Gasteiger partial charge on any atom is -0.497 e. The lowest BCUT2D eigenvalue weighted by atomic mass is 9.90. The molecule has 0 fully saturated rings. The first kappa shape index (κ1) is 17.0. The molecule has 0 aliphatic heterocycles. The van der Waals surface area contributed by atoms with Gasteiger partial charge in [-0.15, -0.1) is 0 Å². The lowest BCUT2D eigenvalue weighted by molar-refractivity contribution is -0.114. The van der Waals surface area contributed by atoms with E-state index in [2.05, 4.69) is 27.8 Å². The molecule has 1 aromatic heterocycles. The Kier molecular flexibility index (Phi) is 4.46. The Morgan fingerprint density at radius 1 is 1.04 bits per heavy atom. The summed E-state index contributed by atoms with van der Waals surface area (Å²) in [6.45, 7) is 1.49. The molecule has 27 heavy (non-hydrogen) atoms. The average molecular weight is 360 g/mol. The average Bonchev–Trinajstić information content (AvgIpc) is 2.68. The fourth-order valence-electron chi connectivity index (χ4n) is 3.26. The van der Waals surface area contributed by atoms with Crippen LogP contribution in [0, 0.1) is 0 Å². The number of hydrogen-bond acceptors (Lipinski definition) is 5. The maximum atomic E-state index is 11.1. The van der Waals surface area contributed by atoms with Crippen molar-refractivity contribution < 1.29 is 9.53 Å². The molecule has 2 N–H and O–H groups in total. The number of nitrogens with zero attached hydrogens (tertiary/aromatic N) is 2. The standard InChI is InChI=1S/C21H20N4O2/c1-13(26)23-16-5-7-17(8-6-16)24-21-22-12-15-4-3-14-11-18(27-2)9-10-19(14)20(15)25-21/h5-12H,3-4H2,1-2H3,(H,23,26)(H,22,24,25). The van der Waals surface area contributed by atoms with Crippen LogP contribution in [-0.2, 0) is 17.6 Å². The number of carbonyl (C=O) groups is 1. The van der Waals surface area contributed by atoms with Crippen LogP contribution in [0.4, 0.5) is 17.3 Å². The van der Waals surface area contributed by atoms with Crippen molar-refractivity contribution in [1.82, 2.24) is 9.97 Å². The fourth-order valence-corrected chi connectivity index (χ4v) is 3.26. The van der Waals surface area contributed by atoms with Gasteiger partial charge in [0.1, 0.15) is 5.75 Å². The van der Waals surface area contributed by atoms with Gasteiger partial charge in [0, 0.05) is 30.1 Å². The second-order valence-electron chi connectivity index (χ2n) is 6.47. The van der Waals surface area contributed by atoms with Crippen LogP contribution in [0.15, 0.2) is 48.7 Å². The number of carbonyl (C=O) groups excluding carboxylic acids is 1. The number of aryl methyl sites for hydroxylation is 2. The van der Waals surface area contributed by atoms with Gasteiger partial charge in [0.2, 0.25) is 11.9 Å². The monoisotopic (exact) mass is 360 g/mol. The molecule has 1 heterocycles. The zero-order chi connectivity index (χ0) is 18.8. The number of fused-ring (bicyclic) bond motifs is 3. The summed E-state index contributed by atoms with van der Waals surface area (Å²) in [5, 5.41) is 5.98. The van der Waals surface area contributed by atoms with Gasteiger partial charge in [-0.05, 0) is 66.4 Å². The molecule has 1 amide bonds. The van der Waals surface area contributed by atoms with E-state index in [1.54, 1.807) is 7.11 Å². The van der Waals surface area contributed by atoms with Gasteiger partial charge in [-0.2, -0.15) is 0 Å². The van der Waals surface area contributed by atoms with E-state index < -0.39 is 0 Å². The number of rotatable bonds is 4. The molecular weight excluding hydrogens is 340 g/mol. The second-order valence-corrected chi connectivity index (χ2v) is 6.47. The molecule has 0 radical (unpaired) electrons. The highest BCUT2D eigenvalue weighted by molar-refractivity contribution is 5.88. The number of benzene rings is 2. The third kappa shape index (κ3) is 3.60. The molecule has 0 saturated carbocycles. The van der Waals surface area contributed by atoms with Crippen molar-refractivity contribution >= 4 is 23.2 Å². The third-order valence-electron chi connectivity index (χ3n) is 4.56. The number of methoxy groups -OCH3 is 1. The first-order chi connectivity index (χ1) is 13.1. The molecule has 136 valence electrons. The first-order valence-corrected chi connectivity index (χ1v) is 8.80. The number of ether oxygens (including phenoxy) is 1. The minimum atomic E-state index is -0.0935. The normalized spacial score (nSPS) is 11.9. The second kappa shape index (κ2) is 7.07. The lowest BCUT2D eigenvalue weighted by Crippen LogP contribution is -2.09. The summed E-state index contributed by atoms with van der Waals surface area (Å²) in [4.78, 5) is 20.3. The van der Waals surface area contributed by atoms with Gasteiger partial charge in [0.15, 0.2) is 0 Å². The third-order valence-corrected chi connectivity index (χ3v) is 4.56. The van der Waals surface area contributed by atoms with Crippen LogP contribution in [0.1, 0.15) is 18.1 Å². The molecule has 6 nitrogen and oxygen atoms in total. The highest BCUT2D eigenvalue weighted by Gasteiger charge is 2.19. The van der Waals surface area contributed by atoms with Crippen LogP contribution in [-0.4, -0.2) is 23.0 Å². The van der Waals surface area contributed by atoms with Crippen LogP contribution < -0.4 is 15.4 Å². The highest BCUT2D eigenvalue weighted by atomic mass is 16.5. The predicted octanol–water partition coefficient (Wildman–Crippen LogP) is 3.95. The van der Waals surface area contributed by atoms with Crippen molar-refractivity contribution in [3.8, 4) is 17.0 Å². The Labute approximate surface area is 157 Å². The Morgan fingerprint density at radius 3 is 2.52 bits per heavy atom. The molecule has 0 bridgehead atoms. The Bertz CT molecular complexity index is 1000. The number of amides is 1. The zero-order valence-electron chi connectivity index (χ0n) is 15.2. The van der Waals surface area contributed by atoms with Crippen molar-refractivity contribution in [2.75, 3.05) is 17.7 Å². The number of anilines is 3. The largest absolute Gasteiger partial charge is 0.497 e. The zero-order valence-corrected chi connectivity index (χ0v) is 15.2. The van der Waals surface area contributed by atoms with E-state index in [0.29, 0.717) is 5.95 Å². The first-order valence-electron chi connectivity index (χ1n) is 8.80. The number of nitrogens with one attached hydrogen (secondary N) is 2. The summed E-state index contributed by atoms with van der Waals surface area (Å²) < 4.78 is 5.33. The van der Waals surface area contributed by atoms with Crippen LogP contribution in [0.5, 0.6) is 5.75 Å². The van der Waals surface area contributed by atoms with Crippen molar-refractivity contribution in [2.45, 2.75) is 19.8 Å². The maximum absolute atomic E-state index is 11.1. The summed E-state index contributed by atoms with van der Waals surface area (Å²) in [7, 11) is 1.68. The van der Waals surface area contributed by atoms with Gasteiger partial charge in [-0.25, -0.2) is 9.97 Å². The van der Waals surface area contributed by atoms with Crippen LogP contribution in [0.25, 0.3) is 11.3 Å². The van der Waals surface area contributed by atoms with Crippen molar-refractivity contribution in [1.29, 1.82) is 0 Å². The summed E-state index contributed by atoms with van der Waals surface area (Å²) in [5.41, 5.74) is 6.09. The van der Waals surface area contributed by atoms with Crippen LogP contribution in [0.3, 0.4) is 0 Å². The molecule has 2 aromatic carbocycles. The summed E-state index contributed by atoms with van der Waals surface area (Å²) >= 11 is 0. The van der Waals surface area contributed by atoms with Crippen molar-refractivity contribution in [2.24, 2.45) is 0 Å². The molecule has 1 aliphatic rings. The number of hydrogen-bond donors (Lipinski definition) is 2. The molecular formula is C21H20N4O2. The van der Waals surface area contributed by atoms with Gasteiger partial charge in [0.25, 0.3) is 0 Å². The molecule has 3 aromatic rings. The molecule has 1 aliphatic carbocycles. The minimum absolute atomic E-state index is 0.0935. The summed E-state index contributed by atoms with van der Waals surface area (Å²) in [6, 6.07) is 13.5. The van der Waals surface area contributed by atoms with E-state index in [0.717, 1.165) is 46.8 Å². The summed E-state index contributed by atoms with van der Waals surface area (Å²) in [6.07, 6.45) is 3.77. The fraction of sp³-hybridized carbons (Fsp3) is 0.190. The van der Waals surface area contributed by atoms with Crippen LogP contribution in [0.2, 0.25) is 0 Å². The Morgan fingerprint density at radius 2 is 1.78 bits per heavy atom. The van der Waals surface area contributed by atoms with E-state index in [1.165, 1.54) is 12.5 Å². The van der Waals surface area contributed by atoms with Crippen molar-refractivity contribution in [3.05, 3.63) is 59.8 Å². The van der Waals surface area contributed by atoms with Crippen molar-refractivity contribution in [3.63, 3.8) is 0 Å². The van der Waals surface area contributed by atoms with E-state index in [4.69, 9.17) is 9.72 Å². The van der Waals surface area contributed by atoms with Gasteiger partial charge >= 0.3 is 0 Å². The number of aromatic nitrogens is 2. The predicted molar refractivity (Wildman–Crippen MR) is 105 cm³/mol. The van der Waals surface area contributed by atoms with E-state index in [9.17, 15) is 4.79 Å². The smallest absolute Gasteiger partial charge is 0.227 e. The summed E-state index contributed by atoms with van der Waals surface area (Å²) in [5.74, 6) is 1.32. The van der Waals surface area contributed by atoms with Crippen LogP contribution >= 0.6 is 0 Å². The van der Waals surface area contributed by atoms with Gasteiger partial charge in [0.05, 0.1) is 12.8 Å². The molecule has 0 atom stereocenters. The van der Waals surface area contributed by atoms with Gasteiger partial charge < -0.3 is 15.4 Å². The SMILES string of the molecule is COc1ccc2c(c1)CCc1cnc(Nc3ccc(NC(C)=O)cc3)nc1-2. The highest BCUT2D eigenvalue weighted by Crippen LogP contribution is 2.34. The molecule has 0 saturated heterocycles. The molecule has 0 unspecified atom stereocenters. The molecule has 4 rings (SSSR count). The van der Waals surface area contributed by atoms with Gasteiger partial charge in [-0.3, -0.25) is 4.79 Å². The van der Waals surface area contributed by atoms with E-state index in [-0.39, 0.29) is 5.91 Å². The quantitative estimate of drug-likeness (QED) is 0.737. The molecule has 0 spiro atoms.